The number of carbonyl (C=O) groups excluding carboxylic acids is 2. The van der Waals surface area contributed by atoms with E-state index >= 15 is 0 Å². The van der Waals surface area contributed by atoms with Crippen LogP contribution in [0.3, 0.4) is 0 Å². The monoisotopic (exact) mass is 459 g/mol. The maximum atomic E-state index is 13.4. The summed E-state index contributed by atoms with van der Waals surface area (Å²) in [7, 11) is 1.35. The van der Waals surface area contributed by atoms with Gasteiger partial charge in [-0.25, -0.2) is 13.6 Å². The minimum Gasteiger partial charge on any atom is -0.545 e. The first-order valence-electron chi connectivity index (χ1n) is 6.71. The standard InChI is InChI=1S/C17H11F2IO5/c1-3-8-4-13(20)15(14(5-8)24-2)25-17(23)10-7-12(19)11(18)6-9(10)16(21)22/h3-7H,1H2,2H3,(H,21,22)/p-1. The number of hydrogen-bond donors (Lipinski definition) is 0. The smallest absolute Gasteiger partial charge is 0.344 e. The fourth-order valence-corrected chi connectivity index (χ4v) is 2.72. The molecule has 0 spiro atoms. The number of halogens is 3. The minimum absolute atomic E-state index is 0.00716. The fourth-order valence-electron chi connectivity index (χ4n) is 1.99. The van der Waals surface area contributed by atoms with Gasteiger partial charge in [-0.05, 0) is 52.4 Å². The predicted octanol–water partition coefficient (Wildman–Crippen LogP) is 2.80. The highest BCUT2D eigenvalue weighted by atomic mass is 127. The molecule has 0 N–H and O–H groups in total. The van der Waals surface area contributed by atoms with Crippen molar-refractivity contribution in [1.29, 1.82) is 0 Å². The van der Waals surface area contributed by atoms with Crippen molar-refractivity contribution in [2.45, 2.75) is 0 Å². The van der Waals surface area contributed by atoms with Gasteiger partial charge in [0.25, 0.3) is 0 Å². The molecule has 0 aromatic heterocycles. The van der Waals surface area contributed by atoms with Crippen molar-refractivity contribution >= 4 is 40.6 Å². The van der Waals surface area contributed by atoms with Gasteiger partial charge >= 0.3 is 5.97 Å². The Kier molecular flexibility index (Phi) is 5.73. The topological polar surface area (TPSA) is 75.7 Å². The molecule has 130 valence electrons. The second kappa shape index (κ2) is 7.60. The summed E-state index contributed by atoms with van der Waals surface area (Å²) in [6.07, 6.45) is 1.56. The molecule has 25 heavy (non-hydrogen) atoms. The lowest BCUT2D eigenvalue weighted by atomic mass is 10.1. The first-order chi connectivity index (χ1) is 11.8. The van der Waals surface area contributed by atoms with E-state index in [1.165, 1.54) is 7.11 Å². The molecule has 0 atom stereocenters. The third-order valence-corrected chi connectivity index (χ3v) is 3.98. The van der Waals surface area contributed by atoms with E-state index in [2.05, 4.69) is 6.58 Å². The SMILES string of the molecule is C=Cc1cc(I)c(OC(=O)c2cc(F)c(F)cc2C(=O)[O-])c(OC)c1. The van der Waals surface area contributed by atoms with Crippen LogP contribution in [0, 0.1) is 15.2 Å². The molecule has 0 unspecified atom stereocenters. The maximum Gasteiger partial charge on any atom is 0.344 e. The van der Waals surface area contributed by atoms with Crippen LogP contribution in [0.25, 0.3) is 6.08 Å². The molecule has 0 saturated carbocycles. The van der Waals surface area contributed by atoms with Crippen LogP contribution >= 0.6 is 22.6 Å². The molecule has 8 heteroatoms. The number of rotatable bonds is 5. The van der Waals surface area contributed by atoms with Crippen LogP contribution in [0.1, 0.15) is 26.3 Å². The molecule has 0 aliphatic rings. The molecule has 2 rings (SSSR count). The zero-order valence-corrected chi connectivity index (χ0v) is 14.9. The summed E-state index contributed by atoms with van der Waals surface area (Å²) < 4.78 is 37.4. The van der Waals surface area contributed by atoms with Crippen molar-refractivity contribution < 1.29 is 33.0 Å². The van der Waals surface area contributed by atoms with Gasteiger partial charge < -0.3 is 19.4 Å². The van der Waals surface area contributed by atoms with E-state index in [4.69, 9.17) is 9.47 Å². The largest absolute Gasteiger partial charge is 0.545 e. The van der Waals surface area contributed by atoms with Crippen molar-refractivity contribution in [2.75, 3.05) is 7.11 Å². The summed E-state index contributed by atoms with van der Waals surface area (Å²) in [5, 5.41) is 11.1. The third-order valence-electron chi connectivity index (χ3n) is 3.18. The van der Waals surface area contributed by atoms with Crippen LogP contribution in [0.4, 0.5) is 8.78 Å². The predicted molar refractivity (Wildman–Crippen MR) is 91.4 cm³/mol. The summed E-state index contributed by atoms with van der Waals surface area (Å²) in [5.74, 6) is -5.64. The summed E-state index contributed by atoms with van der Waals surface area (Å²) >= 11 is 1.88. The number of aromatic carboxylic acids is 1. The van der Waals surface area contributed by atoms with Gasteiger partial charge in [0.15, 0.2) is 23.1 Å². The number of esters is 1. The quantitative estimate of drug-likeness (QED) is 0.391. The molecule has 2 aromatic rings. The van der Waals surface area contributed by atoms with Crippen molar-refractivity contribution in [1.82, 2.24) is 0 Å². The van der Waals surface area contributed by atoms with Crippen LogP contribution in [-0.2, 0) is 0 Å². The Morgan fingerprint density at radius 3 is 2.28 bits per heavy atom. The highest BCUT2D eigenvalue weighted by molar-refractivity contribution is 14.1. The summed E-state index contributed by atoms with van der Waals surface area (Å²) in [6, 6.07) is 4.00. The van der Waals surface area contributed by atoms with Gasteiger partial charge in [0.2, 0.25) is 0 Å². The van der Waals surface area contributed by atoms with Gasteiger partial charge in [-0.1, -0.05) is 12.7 Å². The Balaban J connectivity index is 2.49. The lowest BCUT2D eigenvalue weighted by Gasteiger charge is -2.14. The van der Waals surface area contributed by atoms with Crippen molar-refractivity contribution in [2.24, 2.45) is 0 Å². The third kappa shape index (κ3) is 3.95. The van der Waals surface area contributed by atoms with Gasteiger partial charge in [-0.15, -0.1) is 0 Å². The average Bonchev–Trinajstić information content (AvgIpc) is 2.57. The summed E-state index contributed by atoms with van der Waals surface area (Å²) in [5.41, 5.74) is -0.797. The highest BCUT2D eigenvalue weighted by Crippen LogP contribution is 2.35. The minimum atomic E-state index is -1.84. The van der Waals surface area contributed by atoms with E-state index in [-0.39, 0.29) is 11.5 Å². The zero-order valence-electron chi connectivity index (χ0n) is 12.8. The maximum absolute atomic E-state index is 13.4. The summed E-state index contributed by atoms with van der Waals surface area (Å²) in [6.45, 7) is 3.62. The molecule has 0 bridgehead atoms. The molecule has 0 aliphatic carbocycles. The van der Waals surface area contributed by atoms with E-state index in [1.54, 1.807) is 18.2 Å². The fraction of sp³-hybridized carbons (Fsp3) is 0.0588. The van der Waals surface area contributed by atoms with Crippen molar-refractivity contribution in [3.05, 3.63) is 62.7 Å². The van der Waals surface area contributed by atoms with Gasteiger partial charge in [0.1, 0.15) is 0 Å². The zero-order chi connectivity index (χ0) is 18.7. The summed E-state index contributed by atoms with van der Waals surface area (Å²) in [4.78, 5) is 23.4. The van der Waals surface area contributed by atoms with E-state index in [0.29, 0.717) is 21.3 Å². The van der Waals surface area contributed by atoms with E-state index in [0.717, 1.165) is 0 Å². The number of methoxy groups -OCH3 is 1. The lowest BCUT2D eigenvalue weighted by Crippen LogP contribution is -2.26. The average molecular weight is 459 g/mol. The first kappa shape index (κ1) is 18.8. The first-order valence-corrected chi connectivity index (χ1v) is 7.79. The Labute approximate surface area is 155 Å². The van der Waals surface area contributed by atoms with E-state index in [1.807, 2.05) is 22.6 Å². The number of benzene rings is 2. The number of carboxylic acid groups (broad SMARTS) is 1. The molecule has 0 saturated heterocycles. The second-order valence-electron chi connectivity index (χ2n) is 4.73. The molecular weight excluding hydrogens is 449 g/mol. The van der Waals surface area contributed by atoms with Crippen LogP contribution in [-0.4, -0.2) is 19.0 Å². The normalized spacial score (nSPS) is 10.2. The number of carboxylic acids is 1. The highest BCUT2D eigenvalue weighted by Gasteiger charge is 2.21. The van der Waals surface area contributed by atoms with Gasteiger partial charge in [0, 0.05) is 5.56 Å². The number of ether oxygens (including phenoxy) is 2. The van der Waals surface area contributed by atoms with Crippen LogP contribution in [0.5, 0.6) is 11.5 Å². The van der Waals surface area contributed by atoms with Gasteiger partial charge in [-0.2, -0.15) is 0 Å². The van der Waals surface area contributed by atoms with Crippen LogP contribution in [0.2, 0.25) is 0 Å². The van der Waals surface area contributed by atoms with Crippen molar-refractivity contribution in [3.8, 4) is 11.5 Å². The molecule has 0 fully saturated rings. The Morgan fingerprint density at radius 2 is 1.76 bits per heavy atom. The molecule has 2 aromatic carbocycles. The molecule has 0 aliphatic heterocycles. The van der Waals surface area contributed by atoms with Crippen LogP contribution in [0.15, 0.2) is 30.8 Å². The molecule has 0 amide bonds. The molecule has 0 heterocycles. The Hall–Kier alpha value is -2.49. The van der Waals surface area contributed by atoms with E-state index < -0.39 is 34.7 Å². The Bertz CT molecular complexity index is 880. The molecule has 0 radical (unpaired) electrons. The van der Waals surface area contributed by atoms with Crippen LogP contribution < -0.4 is 14.6 Å². The molecular formula is C17H10F2IO5-. The number of hydrogen-bond acceptors (Lipinski definition) is 5. The van der Waals surface area contributed by atoms with E-state index in [9.17, 15) is 23.5 Å². The van der Waals surface area contributed by atoms with Crippen molar-refractivity contribution in [3.63, 3.8) is 0 Å². The Morgan fingerprint density at radius 1 is 1.16 bits per heavy atom. The lowest BCUT2D eigenvalue weighted by molar-refractivity contribution is -0.255. The number of carbonyl (C=O) groups is 2. The second-order valence-corrected chi connectivity index (χ2v) is 5.89. The molecule has 5 nitrogen and oxygen atoms in total. The van der Waals surface area contributed by atoms with Gasteiger partial charge in [-0.3, -0.25) is 0 Å². The van der Waals surface area contributed by atoms with Gasteiger partial charge in [0.05, 0.1) is 22.2 Å².